The number of aromatic nitrogens is 1. The number of benzene rings is 1. The summed E-state index contributed by atoms with van der Waals surface area (Å²) in [5, 5.41) is 0. The van der Waals surface area contributed by atoms with Gasteiger partial charge in [-0.05, 0) is 37.6 Å². The Kier molecular flexibility index (Phi) is 3.58. The van der Waals surface area contributed by atoms with Crippen molar-refractivity contribution in [2.75, 3.05) is 0 Å². The Labute approximate surface area is 112 Å². The van der Waals surface area contributed by atoms with E-state index in [9.17, 15) is 0 Å². The molecule has 0 fully saturated rings. The Morgan fingerprint density at radius 1 is 1.22 bits per heavy atom. The first-order valence-corrected chi connectivity index (χ1v) is 5.98. The molecule has 0 saturated heterocycles. The van der Waals surface area contributed by atoms with Gasteiger partial charge in [-0.25, -0.2) is 4.98 Å². The Bertz CT molecular complexity index is 596. The molecule has 3 nitrogen and oxygen atoms in total. The fraction of sp³-hybridized carbons (Fsp3) is 0.143. The molecule has 1 aromatic carbocycles. The molecule has 1 aromatic heterocycles. The number of ether oxygens (including phenoxy) is 1. The molecule has 1 heterocycles. The summed E-state index contributed by atoms with van der Waals surface area (Å²) in [7, 11) is 0. The van der Waals surface area contributed by atoms with Crippen LogP contribution in [0.5, 0.6) is 11.6 Å². The van der Waals surface area contributed by atoms with Crippen molar-refractivity contribution < 1.29 is 4.74 Å². The number of nitrogens with zero attached hydrogens (tertiary/aromatic N) is 1. The van der Waals surface area contributed by atoms with Crippen LogP contribution in [0.3, 0.4) is 0 Å². The number of rotatable bonds is 3. The van der Waals surface area contributed by atoms with E-state index >= 15 is 0 Å². The van der Waals surface area contributed by atoms with Gasteiger partial charge in [0.05, 0.1) is 0 Å². The summed E-state index contributed by atoms with van der Waals surface area (Å²) in [6, 6.07) is 11.4. The number of hydrogen-bond donors (Lipinski definition) is 1. The molecule has 0 aliphatic rings. The lowest BCUT2D eigenvalue weighted by Gasteiger charge is -2.08. The third-order valence-corrected chi connectivity index (χ3v) is 2.66. The molecule has 2 N–H and O–H groups in total. The molecule has 0 spiro atoms. The highest BCUT2D eigenvalue weighted by atomic mass is 32.1. The maximum atomic E-state index is 5.70. The molecule has 0 radical (unpaired) electrons. The number of nitrogens with two attached hydrogens (primary N) is 1. The van der Waals surface area contributed by atoms with Gasteiger partial charge in [0.1, 0.15) is 10.7 Å². The second-order valence-electron chi connectivity index (χ2n) is 4.12. The predicted molar refractivity (Wildman–Crippen MR) is 76.1 cm³/mol. The highest BCUT2D eigenvalue weighted by molar-refractivity contribution is 7.80. The zero-order valence-corrected chi connectivity index (χ0v) is 11.1. The second kappa shape index (κ2) is 5.14. The average Bonchev–Trinajstić information content (AvgIpc) is 2.28. The molecule has 92 valence electrons. The van der Waals surface area contributed by atoms with Crippen LogP contribution >= 0.6 is 12.2 Å². The Hall–Kier alpha value is -1.94. The molecule has 0 atom stereocenters. The van der Waals surface area contributed by atoms with E-state index in [0.29, 0.717) is 10.9 Å². The quantitative estimate of drug-likeness (QED) is 0.859. The fourth-order valence-electron chi connectivity index (χ4n) is 1.63. The summed E-state index contributed by atoms with van der Waals surface area (Å²) in [5.74, 6) is 1.25. The van der Waals surface area contributed by atoms with Crippen molar-refractivity contribution in [3.8, 4) is 11.6 Å². The van der Waals surface area contributed by atoms with Crippen LogP contribution in [0.4, 0.5) is 0 Å². The third-order valence-electron chi connectivity index (χ3n) is 2.43. The molecule has 18 heavy (non-hydrogen) atoms. The molecular formula is C14H14N2OS. The molecule has 0 unspecified atom stereocenters. The highest BCUT2D eigenvalue weighted by Crippen LogP contribution is 2.21. The Morgan fingerprint density at radius 2 is 2.00 bits per heavy atom. The Balaban J connectivity index is 2.31. The smallest absolute Gasteiger partial charge is 0.220 e. The van der Waals surface area contributed by atoms with Crippen molar-refractivity contribution in [2.24, 2.45) is 5.73 Å². The molecule has 0 aliphatic heterocycles. The highest BCUT2D eigenvalue weighted by Gasteiger charge is 2.04. The lowest BCUT2D eigenvalue weighted by molar-refractivity contribution is 0.461. The Morgan fingerprint density at radius 3 is 2.67 bits per heavy atom. The van der Waals surface area contributed by atoms with E-state index < -0.39 is 0 Å². The number of aryl methyl sites for hydroxylation is 2. The van der Waals surface area contributed by atoms with E-state index in [-0.39, 0.29) is 0 Å². The third kappa shape index (κ3) is 3.05. The SMILES string of the molecule is Cc1cccc(Oc2cc(C(N)=S)cc(C)n2)c1. The summed E-state index contributed by atoms with van der Waals surface area (Å²) in [4.78, 5) is 4.65. The van der Waals surface area contributed by atoms with Crippen molar-refractivity contribution >= 4 is 17.2 Å². The molecule has 0 bridgehead atoms. The van der Waals surface area contributed by atoms with Crippen LogP contribution in [0, 0.1) is 13.8 Å². The van der Waals surface area contributed by atoms with Gasteiger partial charge in [0.15, 0.2) is 0 Å². The summed E-state index contributed by atoms with van der Waals surface area (Å²) in [6.45, 7) is 3.89. The van der Waals surface area contributed by atoms with Crippen molar-refractivity contribution in [1.29, 1.82) is 0 Å². The van der Waals surface area contributed by atoms with Crippen LogP contribution in [0.15, 0.2) is 36.4 Å². The van der Waals surface area contributed by atoms with Gasteiger partial charge in [-0.2, -0.15) is 0 Å². The van der Waals surface area contributed by atoms with E-state index in [1.54, 1.807) is 6.07 Å². The summed E-state index contributed by atoms with van der Waals surface area (Å²) >= 11 is 4.96. The zero-order valence-electron chi connectivity index (χ0n) is 10.3. The fourth-order valence-corrected chi connectivity index (χ4v) is 1.75. The molecule has 0 amide bonds. The zero-order chi connectivity index (χ0) is 13.1. The average molecular weight is 258 g/mol. The minimum Gasteiger partial charge on any atom is -0.439 e. The summed E-state index contributed by atoms with van der Waals surface area (Å²) in [6.07, 6.45) is 0. The number of pyridine rings is 1. The minimum absolute atomic E-state index is 0.342. The van der Waals surface area contributed by atoms with Gasteiger partial charge in [0, 0.05) is 17.3 Å². The summed E-state index contributed by atoms with van der Waals surface area (Å²) < 4.78 is 5.70. The van der Waals surface area contributed by atoms with Gasteiger partial charge >= 0.3 is 0 Å². The first kappa shape index (κ1) is 12.5. The maximum Gasteiger partial charge on any atom is 0.220 e. The normalized spacial score (nSPS) is 10.1. The van der Waals surface area contributed by atoms with Gasteiger partial charge < -0.3 is 10.5 Å². The lowest BCUT2D eigenvalue weighted by atomic mass is 10.2. The van der Waals surface area contributed by atoms with Crippen LogP contribution in [-0.4, -0.2) is 9.97 Å². The first-order valence-electron chi connectivity index (χ1n) is 5.57. The molecule has 0 saturated carbocycles. The number of thiocarbonyl (C=S) groups is 1. The van der Waals surface area contributed by atoms with Gasteiger partial charge in [-0.3, -0.25) is 0 Å². The van der Waals surface area contributed by atoms with E-state index in [4.69, 9.17) is 22.7 Å². The molecule has 4 heteroatoms. The monoisotopic (exact) mass is 258 g/mol. The molecule has 0 aliphatic carbocycles. The largest absolute Gasteiger partial charge is 0.439 e. The number of hydrogen-bond acceptors (Lipinski definition) is 3. The van der Waals surface area contributed by atoms with E-state index in [1.165, 1.54) is 0 Å². The van der Waals surface area contributed by atoms with E-state index in [1.807, 2.05) is 44.2 Å². The van der Waals surface area contributed by atoms with Crippen molar-refractivity contribution in [3.63, 3.8) is 0 Å². The van der Waals surface area contributed by atoms with Crippen molar-refractivity contribution in [1.82, 2.24) is 4.98 Å². The van der Waals surface area contributed by atoms with Gasteiger partial charge in [0.2, 0.25) is 5.88 Å². The van der Waals surface area contributed by atoms with Crippen LogP contribution in [-0.2, 0) is 0 Å². The predicted octanol–water partition coefficient (Wildman–Crippen LogP) is 3.12. The lowest BCUT2D eigenvalue weighted by Crippen LogP contribution is -2.10. The van der Waals surface area contributed by atoms with Crippen LogP contribution in [0.1, 0.15) is 16.8 Å². The van der Waals surface area contributed by atoms with Crippen molar-refractivity contribution in [3.05, 3.63) is 53.2 Å². The molecule has 2 rings (SSSR count). The van der Waals surface area contributed by atoms with Gasteiger partial charge in [-0.1, -0.05) is 24.4 Å². The van der Waals surface area contributed by atoms with E-state index in [2.05, 4.69) is 4.98 Å². The maximum absolute atomic E-state index is 5.70. The molecule has 2 aromatic rings. The van der Waals surface area contributed by atoms with Gasteiger partial charge in [-0.15, -0.1) is 0 Å². The topological polar surface area (TPSA) is 48.1 Å². The first-order chi connectivity index (χ1) is 8.54. The molecular weight excluding hydrogens is 244 g/mol. The van der Waals surface area contributed by atoms with Crippen LogP contribution in [0.2, 0.25) is 0 Å². The van der Waals surface area contributed by atoms with Crippen LogP contribution in [0.25, 0.3) is 0 Å². The van der Waals surface area contributed by atoms with Crippen LogP contribution < -0.4 is 10.5 Å². The van der Waals surface area contributed by atoms with Crippen molar-refractivity contribution in [2.45, 2.75) is 13.8 Å². The summed E-state index contributed by atoms with van der Waals surface area (Å²) in [5.41, 5.74) is 8.34. The van der Waals surface area contributed by atoms with Gasteiger partial charge in [0.25, 0.3) is 0 Å². The standard InChI is InChI=1S/C14H14N2OS/c1-9-4-3-5-12(6-9)17-13-8-11(14(15)18)7-10(2)16-13/h3-8H,1-2H3,(H2,15,18). The minimum atomic E-state index is 0.342. The second-order valence-corrected chi connectivity index (χ2v) is 4.56. The van der Waals surface area contributed by atoms with E-state index in [0.717, 1.165) is 22.6 Å².